The summed E-state index contributed by atoms with van der Waals surface area (Å²) in [5.74, 6) is 1.45. The predicted molar refractivity (Wildman–Crippen MR) is 50.4 cm³/mol. The summed E-state index contributed by atoms with van der Waals surface area (Å²) in [7, 11) is 0. The molecule has 2 N–H and O–H groups in total. The van der Waals surface area contributed by atoms with Gasteiger partial charge < -0.3 is 10.4 Å². The highest BCUT2D eigenvalue weighted by atomic mass is 16.3. The average molecular weight is 170 g/mol. The van der Waals surface area contributed by atoms with Gasteiger partial charge in [-0.1, -0.05) is 6.92 Å². The van der Waals surface area contributed by atoms with Gasteiger partial charge in [0, 0.05) is 26.1 Å². The number of nitrogens with zero attached hydrogens (tertiary/aromatic N) is 1. The van der Waals surface area contributed by atoms with Crippen molar-refractivity contribution in [3.05, 3.63) is 0 Å². The van der Waals surface area contributed by atoms with Crippen molar-refractivity contribution in [2.24, 2.45) is 10.9 Å². The quantitative estimate of drug-likeness (QED) is 0.657. The van der Waals surface area contributed by atoms with E-state index in [9.17, 15) is 0 Å². The van der Waals surface area contributed by atoms with E-state index in [2.05, 4.69) is 10.3 Å². The molecule has 0 amide bonds. The lowest BCUT2D eigenvalue weighted by atomic mass is 10.1. The van der Waals surface area contributed by atoms with Crippen LogP contribution in [0.15, 0.2) is 4.99 Å². The van der Waals surface area contributed by atoms with Crippen molar-refractivity contribution in [1.82, 2.24) is 5.32 Å². The summed E-state index contributed by atoms with van der Waals surface area (Å²) in [4.78, 5) is 4.36. The molecule has 12 heavy (non-hydrogen) atoms. The van der Waals surface area contributed by atoms with Gasteiger partial charge in [0.15, 0.2) is 0 Å². The largest absolute Gasteiger partial charge is 0.396 e. The van der Waals surface area contributed by atoms with Crippen LogP contribution in [0.2, 0.25) is 0 Å². The second kappa shape index (κ2) is 5.14. The van der Waals surface area contributed by atoms with Gasteiger partial charge in [0.25, 0.3) is 0 Å². The Morgan fingerprint density at radius 2 is 2.42 bits per heavy atom. The summed E-state index contributed by atoms with van der Waals surface area (Å²) in [5, 5.41) is 12.0. The van der Waals surface area contributed by atoms with Crippen LogP contribution in [0, 0.1) is 5.92 Å². The molecule has 0 aromatic carbocycles. The van der Waals surface area contributed by atoms with Gasteiger partial charge in [-0.15, -0.1) is 0 Å². The van der Waals surface area contributed by atoms with Crippen LogP contribution in [0.3, 0.4) is 0 Å². The van der Waals surface area contributed by atoms with Gasteiger partial charge in [0.05, 0.1) is 5.84 Å². The zero-order valence-electron chi connectivity index (χ0n) is 7.71. The number of hydrogen-bond donors (Lipinski definition) is 2. The number of amidine groups is 1. The molecule has 0 aliphatic carbocycles. The highest BCUT2D eigenvalue weighted by Gasteiger charge is 2.05. The summed E-state index contributed by atoms with van der Waals surface area (Å²) in [6.45, 7) is 4.09. The topological polar surface area (TPSA) is 44.6 Å². The van der Waals surface area contributed by atoms with Crippen LogP contribution in [-0.4, -0.2) is 30.6 Å². The maximum atomic E-state index is 8.78. The molecule has 3 heteroatoms. The first-order valence-corrected chi connectivity index (χ1v) is 4.71. The Kier molecular flexibility index (Phi) is 4.08. The molecule has 0 fully saturated rings. The molecule has 1 atom stereocenters. The lowest BCUT2D eigenvalue weighted by Gasteiger charge is -2.15. The Morgan fingerprint density at radius 1 is 1.58 bits per heavy atom. The SMILES string of the molecule is CC(CO)CNC1=NCCCC1. The van der Waals surface area contributed by atoms with E-state index in [1.807, 2.05) is 6.92 Å². The first-order chi connectivity index (χ1) is 5.83. The minimum atomic E-state index is 0.250. The predicted octanol–water partition coefficient (Wildman–Crippen LogP) is 0.787. The minimum absolute atomic E-state index is 0.250. The number of rotatable bonds is 3. The molecule has 1 unspecified atom stereocenters. The van der Waals surface area contributed by atoms with E-state index >= 15 is 0 Å². The van der Waals surface area contributed by atoms with Gasteiger partial charge in [-0.3, -0.25) is 4.99 Å². The molecule has 3 nitrogen and oxygen atoms in total. The molecule has 1 heterocycles. The smallest absolute Gasteiger partial charge is 0.0963 e. The average Bonchev–Trinajstić information content (AvgIpc) is 2.16. The number of hydrogen-bond acceptors (Lipinski definition) is 3. The summed E-state index contributed by atoms with van der Waals surface area (Å²) in [6, 6.07) is 0. The van der Waals surface area contributed by atoms with E-state index in [-0.39, 0.29) is 6.61 Å². The summed E-state index contributed by atoms with van der Waals surface area (Å²) < 4.78 is 0. The lowest BCUT2D eigenvalue weighted by molar-refractivity contribution is 0.238. The van der Waals surface area contributed by atoms with Gasteiger partial charge >= 0.3 is 0 Å². The van der Waals surface area contributed by atoms with Crippen molar-refractivity contribution < 1.29 is 5.11 Å². The molecule has 0 saturated carbocycles. The Morgan fingerprint density at radius 3 is 3.00 bits per heavy atom. The maximum Gasteiger partial charge on any atom is 0.0963 e. The molecule has 0 aromatic heterocycles. The standard InChI is InChI=1S/C9H18N2O/c1-8(7-12)6-11-9-4-2-3-5-10-9/h8,12H,2-7H2,1H3,(H,10,11). The Hall–Kier alpha value is -0.570. The van der Waals surface area contributed by atoms with Gasteiger partial charge in [-0.05, 0) is 18.8 Å². The second-order valence-corrected chi connectivity index (χ2v) is 3.45. The fourth-order valence-electron chi connectivity index (χ4n) is 1.20. The molecule has 0 saturated heterocycles. The lowest BCUT2D eigenvalue weighted by Crippen LogP contribution is -2.31. The second-order valence-electron chi connectivity index (χ2n) is 3.45. The summed E-state index contributed by atoms with van der Waals surface area (Å²) >= 11 is 0. The van der Waals surface area contributed by atoms with Crippen LogP contribution in [-0.2, 0) is 0 Å². The van der Waals surface area contributed by atoms with E-state index in [0.29, 0.717) is 5.92 Å². The fraction of sp³-hybridized carbons (Fsp3) is 0.889. The van der Waals surface area contributed by atoms with Crippen molar-refractivity contribution >= 4 is 5.84 Å². The molecule has 0 bridgehead atoms. The zero-order valence-corrected chi connectivity index (χ0v) is 7.71. The summed E-state index contributed by atoms with van der Waals surface area (Å²) in [5.41, 5.74) is 0. The first-order valence-electron chi connectivity index (χ1n) is 4.71. The third-order valence-corrected chi connectivity index (χ3v) is 2.09. The van der Waals surface area contributed by atoms with Gasteiger partial charge in [0.1, 0.15) is 0 Å². The number of aliphatic imine (C=N–C) groups is 1. The van der Waals surface area contributed by atoms with Crippen molar-refractivity contribution in [2.45, 2.75) is 26.2 Å². The van der Waals surface area contributed by atoms with Crippen molar-refractivity contribution in [3.8, 4) is 0 Å². The van der Waals surface area contributed by atoms with Crippen LogP contribution >= 0.6 is 0 Å². The molecule has 1 rings (SSSR count). The highest BCUT2D eigenvalue weighted by molar-refractivity contribution is 5.82. The minimum Gasteiger partial charge on any atom is -0.396 e. The highest BCUT2D eigenvalue weighted by Crippen LogP contribution is 2.04. The third-order valence-electron chi connectivity index (χ3n) is 2.09. The van der Waals surface area contributed by atoms with E-state index in [1.54, 1.807) is 0 Å². The third kappa shape index (κ3) is 3.22. The molecular weight excluding hydrogens is 152 g/mol. The molecule has 1 aliphatic rings. The van der Waals surface area contributed by atoms with Crippen LogP contribution in [0.4, 0.5) is 0 Å². The van der Waals surface area contributed by atoms with Crippen molar-refractivity contribution in [1.29, 1.82) is 0 Å². The number of nitrogens with one attached hydrogen (secondary N) is 1. The maximum absolute atomic E-state index is 8.78. The number of aliphatic hydroxyl groups excluding tert-OH is 1. The zero-order chi connectivity index (χ0) is 8.81. The monoisotopic (exact) mass is 170 g/mol. The van der Waals surface area contributed by atoms with E-state index < -0.39 is 0 Å². The molecule has 0 aromatic rings. The summed E-state index contributed by atoms with van der Waals surface area (Å²) in [6.07, 6.45) is 3.55. The van der Waals surface area contributed by atoms with Gasteiger partial charge in [0.2, 0.25) is 0 Å². The van der Waals surface area contributed by atoms with Crippen LogP contribution in [0.5, 0.6) is 0 Å². The van der Waals surface area contributed by atoms with Crippen molar-refractivity contribution in [2.75, 3.05) is 19.7 Å². The molecule has 0 spiro atoms. The Labute approximate surface area is 73.9 Å². The molecule has 1 aliphatic heterocycles. The Bertz CT molecular complexity index is 157. The van der Waals surface area contributed by atoms with Gasteiger partial charge in [-0.2, -0.15) is 0 Å². The van der Waals surface area contributed by atoms with E-state index in [4.69, 9.17) is 5.11 Å². The Balaban J connectivity index is 2.17. The molecular formula is C9H18N2O. The van der Waals surface area contributed by atoms with E-state index in [0.717, 1.165) is 25.3 Å². The van der Waals surface area contributed by atoms with Crippen molar-refractivity contribution in [3.63, 3.8) is 0 Å². The fourth-order valence-corrected chi connectivity index (χ4v) is 1.20. The van der Waals surface area contributed by atoms with Crippen LogP contribution in [0.25, 0.3) is 0 Å². The molecule has 0 radical (unpaired) electrons. The van der Waals surface area contributed by atoms with Gasteiger partial charge in [-0.25, -0.2) is 0 Å². The first kappa shape index (κ1) is 9.52. The van der Waals surface area contributed by atoms with E-state index in [1.165, 1.54) is 12.8 Å². The van der Waals surface area contributed by atoms with Crippen LogP contribution < -0.4 is 5.32 Å². The van der Waals surface area contributed by atoms with Crippen LogP contribution in [0.1, 0.15) is 26.2 Å². The normalized spacial score (nSPS) is 20.0. The number of aliphatic hydroxyl groups is 1. The molecule has 70 valence electrons.